The molecule has 0 aromatic carbocycles. The molecular formula is C13H28N2. The number of hydrogen-bond acceptors (Lipinski definition) is 2. The molecule has 1 heterocycles. The summed E-state index contributed by atoms with van der Waals surface area (Å²) < 4.78 is 0. The Morgan fingerprint density at radius 1 is 1.27 bits per heavy atom. The van der Waals surface area contributed by atoms with E-state index in [0.717, 1.165) is 12.5 Å². The maximum Gasteiger partial charge on any atom is 0.0161 e. The Morgan fingerprint density at radius 2 is 1.87 bits per heavy atom. The van der Waals surface area contributed by atoms with E-state index in [1.807, 2.05) is 0 Å². The van der Waals surface area contributed by atoms with Gasteiger partial charge in [-0.1, -0.05) is 20.8 Å². The van der Waals surface area contributed by atoms with Gasteiger partial charge in [-0.2, -0.15) is 0 Å². The number of piperidine rings is 1. The second kappa shape index (κ2) is 4.42. The summed E-state index contributed by atoms with van der Waals surface area (Å²) in [6, 6.07) is 0. The lowest BCUT2D eigenvalue weighted by Crippen LogP contribution is -2.54. The van der Waals surface area contributed by atoms with Gasteiger partial charge in [-0.3, -0.25) is 0 Å². The van der Waals surface area contributed by atoms with E-state index >= 15 is 0 Å². The zero-order valence-corrected chi connectivity index (χ0v) is 11.1. The summed E-state index contributed by atoms with van der Waals surface area (Å²) >= 11 is 0. The van der Waals surface area contributed by atoms with Gasteiger partial charge in [-0.15, -0.1) is 0 Å². The molecule has 0 spiro atoms. The maximum atomic E-state index is 6.24. The highest BCUT2D eigenvalue weighted by Gasteiger charge is 2.35. The summed E-state index contributed by atoms with van der Waals surface area (Å²) in [5, 5.41) is 0. The molecular weight excluding hydrogens is 184 g/mol. The highest BCUT2D eigenvalue weighted by atomic mass is 15.1. The predicted octanol–water partition coefficient (Wildman–Crippen LogP) is 2.48. The predicted molar refractivity (Wildman–Crippen MR) is 66.9 cm³/mol. The van der Waals surface area contributed by atoms with Gasteiger partial charge in [0.15, 0.2) is 0 Å². The summed E-state index contributed by atoms with van der Waals surface area (Å²) in [6.07, 6.45) is 2.74. The molecule has 0 aromatic heterocycles. The maximum absolute atomic E-state index is 6.24. The van der Waals surface area contributed by atoms with Crippen LogP contribution in [0, 0.1) is 11.3 Å². The van der Waals surface area contributed by atoms with Crippen LogP contribution in [-0.4, -0.2) is 30.1 Å². The van der Waals surface area contributed by atoms with E-state index < -0.39 is 0 Å². The van der Waals surface area contributed by atoms with Crippen molar-refractivity contribution in [2.75, 3.05) is 19.6 Å². The smallest absolute Gasteiger partial charge is 0.0161 e. The summed E-state index contributed by atoms with van der Waals surface area (Å²) in [7, 11) is 0. The number of nitrogens with two attached hydrogens (primary N) is 1. The third kappa shape index (κ3) is 3.46. The van der Waals surface area contributed by atoms with Crippen LogP contribution in [0.3, 0.4) is 0 Å². The van der Waals surface area contributed by atoms with E-state index in [-0.39, 0.29) is 11.0 Å². The third-order valence-electron chi connectivity index (χ3n) is 4.10. The minimum atomic E-state index is -0.103. The first-order chi connectivity index (χ1) is 6.72. The zero-order chi connectivity index (χ0) is 11.7. The molecule has 15 heavy (non-hydrogen) atoms. The first-order valence-corrected chi connectivity index (χ1v) is 6.23. The lowest BCUT2D eigenvalue weighted by atomic mass is 9.74. The van der Waals surface area contributed by atoms with E-state index in [2.05, 4.69) is 39.5 Å². The Kier molecular flexibility index (Phi) is 3.83. The van der Waals surface area contributed by atoms with Gasteiger partial charge in [-0.05, 0) is 44.6 Å². The molecule has 0 amide bonds. The quantitative estimate of drug-likeness (QED) is 0.779. The van der Waals surface area contributed by atoms with E-state index in [1.54, 1.807) is 0 Å². The van der Waals surface area contributed by atoms with Crippen molar-refractivity contribution in [1.29, 1.82) is 0 Å². The fourth-order valence-electron chi connectivity index (χ4n) is 2.19. The highest BCUT2D eigenvalue weighted by Crippen LogP contribution is 2.30. The van der Waals surface area contributed by atoms with Crippen molar-refractivity contribution in [2.24, 2.45) is 17.1 Å². The van der Waals surface area contributed by atoms with Crippen molar-refractivity contribution in [1.82, 2.24) is 4.90 Å². The molecule has 1 atom stereocenters. The molecule has 2 N–H and O–H groups in total. The topological polar surface area (TPSA) is 29.3 Å². The van der Waals surface area contributed by atoms with Gasteiger partial charge < -0.3 is 10.6 Å². The van der Waals surface area contributed by atoms with Gasteiger partial charge in [-0.25, -0.2) is 0 Å². The molecule has 1 aliphatic rings. The van der Waals surface area contributed by atoms with Crippen LogP contribution in [0.25, 0.3) is 0 Å². The molecule has 1 saturated heterocycles. The first-order valence-electron chi connectivity index (χ1n) is 6.23. The van der Waals surface area contributed by atoms with E-state index in [9.17, 15) is 0 Å². The Labute approximate surface area is 95.2 Å². The summed E-state index contributed by atoms with van der Waals surface area (Å²) in [5.41, 5.74) is 6.32. The third-order valence-corrected chi connectivity index (χ3v) is 4.10. The van der Waals surface area contributed by atoms with Gasteiger partial charge >= 0.3 is 0 Å². The van der Waals surface area contributed by atoms with Gasteiger partial charge in [0.1, 0.15) is 0 Å². The molecule has 1 unspecified atom stereocenters. The SMILES string of the molecule is CC1CCCN(CC(C)(C)C(C)(C)N)C1. The van der Waals surface area contributed by atoms with E-state index in [1.165, 1.54) is 25.9 Å². The lowest BCUT2D eigenvalue weighted by Gasteiger charge is -2.44. The van der Waals surface area contributed by atoms with Crippen LogP contribution in [0.2, 0.25) is 0 Å². The average molecular weight is 212 g/mol. The number of likely N-dealkylation sites (tertiary alicyclic amines) is 1. The second-order valence-electron chi connectivity index (χ2n) is 6.59. The number of rotatable bonds is 3. The second-order valence-corrected chi connectivity index (χ2v) is 6.59. The van der Waals surface area contributed by atoms with Crippen molar-refractivity contribution >= 4 is 0 Å². The van der Waals surface area contributed by atoms with Crippen LogP contribution in [-0.2, 0) is 0 Å². The minimum absolute atomic E-state index is 0.103. The number of nitrogens with zero attached hydrogens (tertiary/aromatic N) is 1. The number of hydrogen-bond donors (Lipinski definition) is 1. The first kappa shape index (κ1) is 13.0. The summed E-state index contributed by atoms with van der Waals surface area (Å²) in [5.74, 6) is 0.857. The molecule has 0 bridgehead atoms. The Hall–Kier alpha value is -0.0800. The molecule has 0 saturated carbocycles. The molecule has 0 radical (unpaired) electrons. The van der Waals surface area contributed by atoms with Crippen molar-refractivity contribution in [3.8, 4) is 0 Å². The largest absolute Gasteiger partial charge is 0.325 e. The molecule has 90 valence electrons. The minimum Gasteiger partial charge on any atom is -0.325 e. The van der Waals surface area contributed by atoms with Crippen LogP contribution in [0.1, 0.15) is 47.5 Å². The van der Waals surface area contributed by atoms with Crippen LogP contribution >= 0.6 is 0 Å². The van der Waals surface area contributed by atoms with Crippen molar-refractivity contribution in [3.63, 3.8) is 0 Å². The van der Waals surface area contributed by atoms with Crippen molar-refractivity contribution < 1.29 is 0 Å². The van der Waals surface area contributed by atoms with E-state index in [4.69, 9.17) is 5.73 Å². The fourth-order valence-corrected chi connectivity index (χ4v) is 2.19. The molecule has 1 aliphatic heterocycles. The van der Waals surface area contributed by atoms with Gasteiger partial charge in [0.05, 0.1) is 0 Å². The van der Waals surface area contributed by atoms with Crippen LogP contribution in [0.4, 0.5) is 0 Å². The van der Waals surface area contributed by atoms with Crippen LogP contribution in [0.5, 0.6) is 0 Å². The molecule has 0 aliphatic carbocycles. The van der Waals surface area contributed by atoms with Gasteiger partial charge in [0.25, 0.3) is 0 Å². The average Bonchev–Trinajstić information content (AvgIpc) is 2.00. The van der Waals surface area contributed by atoms with E-state index in [0.29, 0.717) is 0 Å². The van der Waals surface area contributed by atoms with Crippen LogP contribution < -0.4 is 5.73 Å². The standard InChI is InChI=1S/C13H28N2/c1-11-7-6-8-15(9-11)10-12(2,3)13(4,5)14/h11H,6-10,14H2,1-5H3. The molecule has 1 fully saturated rings. The normalized spacial score (nSPS) is 25.6. The molecule has 0 aromatic rings. The molecule has 2 nitrogen and oxygen atoms in total. The zero-order valence-electron chi connectivity index (χ0n) is 11.1. The summed E-state index contributed by atoms with van der Waals surface area (Å²) in [4.78, 5) is 2.59. The fraction of sp³-hybridized carbons (Fsp3) is 1.00. The summed E-state index contributed by atoms with van der Waals surface area (Å²) in [6.45, 7) is 14.8. The van der Waals surface area contributed by atoms with Crippen molar-refractivity contribution in [3.05, 3.63) is 0 Å². The highest BCUT2D eigenvalue weighted by molar-refractivity contribution is 4.92. The monoisotopic (exact) mass is 212 g/mol. The Balaban J connectivity index is 2.53. The van der Waals surface area contributed by atoms with Gasteiger partial charge in [0.2, 0.25) is 0 Å². The molecule has 1 rings (SSSR count). The Morgan fingerprint density at radius 3 is 2.33 bits per heavy atom. The Bertz CT molecular complexity index is 203. The van der Waals surface area contributed by atoms with Crippen LogP contribution in [0.15, 0.2) is 0 Å². The lowest BCUT2D eigenvalue weighted by molar-refractivity contribution is 0.0838. The van der Waals surface area contributed by atoms with Gasteiger partial charge in [0, 0.05) is 18.6 Å². The molecule has 2 heteroatoms. The van der Waals surface area contributed by atoms with Crippen molar-refractivity contribution in [2.45, 2.75) is 53.0 Å².